The molecule has 0 bridgehead atoms. The van der Waals surface area contributed by atoms with E-state index in [4.69, 9.17) is 16.3 Å². The standard InChI is InChI=1S/C19H23ClN4O2/c1-13-11-16(17(26-2)12-14(13)20)21-18-8-7-15(22-23-18)19(25)24-9-5-3-4-6-10-24/h7-8,11-12H,3-6,9-10H2,1-2H3,(H,21,23). The van der Waals surface area contributed by atoms with Crippen molar-refractivity contribution in [1.29, 1.82) is 0 Å². The summed E-state index contributed by atoms with van der Waals surface area (Å²) in [7, 11) is 1.58. The van der Waals surface area contributed by atoms with Gasteiger partial charge in [-0.05, 0) is 43.5 Å². The number of carbonyl (C=O) groups is 1. The zero-order valence-corrected chi connectivity index (χ0v) is 15.8. The summed E-state index contributed by atoms with van der Waals surface area (Å²) >= 11 is 6.13. The third-order valence-corrected chi connectivity index (χ3v) is 4.93. The molecule has 138 valence electrons. The molecule has 7 heteroatoms. The molecule has 0 unspecified atom stereocenters. The Bertz CT molecular complexity index is 772. The van der Waals surface area contributed by atoms with Gasteiger partial charge in [0.25, 0.3) is 5.91 Å². The minimum Gasteiger partial charge on any atom is -0.495 e. The van der Waals surface area contributed by atoms with Gasteiger partial charge in [-0.15, -0.1) is 10.2 Å². The van der Waals surface area contributed by atoms with E-state index in [1.807, 2.05) is 17.9 Å². The Morgan fingerprint density at radius 3 is 2.50 bits per heavy atom. The lowest BCUT2D eigenvalue weighted by molar-refractivity contribution is 0.0754. The fraction of sp³-hybridized carbons (Fsp3) is 0.421. The molecule has 6 nitrogen and oxygen atoms in total. The molecule has 2 aromatic rings. The first-order valence-corrected chi connectivity index (χ1v) is 9.20. The molecule has 1 N–H and O–H groups in total. The normalized spacial score (nSPS) is 14.7. The van der Waals surface area contributed by atoms with Crippen molar-refractivity contribution in [3.8, 4) is 5.75 Å². The van der Waals surface area contributed by atoms with Crippen LogP contribution >= 0.6 is 11.6 Å². The predicted molar refractivity (Wildman–Crippen MR) is 102 cm³/mol. The number of hydrogen-bond donors (Lipinski definition) is 1. The molecule has 1 saturated heterocycles. The number of halogens is 1. The van der Waals surface area contributed by atoms with Gasteiger partial charge in [0.2, 0.25) is 0 Å². The Balaban J connectivity index is 1.74. The molecule has 3 rings (SSSR count). The fourth-order valence-electron chi connectivity index (χ4n) is 3.02. The average molecular weight is 375 g/mol. The number of carbonyl (C=O) groups excluding carboxylic acids is 1. The lowest BCUT2D eigenvalue weighted by atomic mass is 10.2. The van der Waals surface area contributed by atoms with Gasteiger partial charge in [0, 0.05) is 24.2 Å². The van der Waals surface area contributed by atoms with E-state index in [1.165, 1.54) is 12.8 Å². The van der Waals surface area contributed by atoms with E-state index in [0.29, 0.717) is 22.3 Å². The Morgan fingerprint density at radius 2 is 1.88 bits per heavy atom. The molecular formula is C19H23ClN4O2. The molecule has 26 heavy (non-hydrogen) atoms. The predicted octanol–water partition coefficient (Wildman–Crippen LogP) is 4.21. The second kappa shape index (κ2) is 8.36. The highest BCUT2D eigenvalue weighted by molar-refractivity contribution is 6.31. The van der Waals surface area contributed by atoms with E-state index in [1.54, 1.807) is 25.3 Å². The summed E-state index contributed by atoms with van der Waals surface area (Å²) in [5.41, 5.74) is 2.04. The summed E-state index contributed by atoms with van der Waals surface area (Å²) in [5.74, 6) is 1.11. The van der Waals surface area contributed by atoms with E-state index < -0.39 is 0 Å². The van der Waals surface area contributed by atoms with Gasteiger partial charge in [-0.1, -0.05) is 24.4 Å². The van der Waals surface area contributed by atoms with E-state index in [9.17, 15) is 4.79 Å². The van der Waals surface area contributed by atoms with Crippen molar-refractivity contribution in [3.63, 3.8) is 0 Å². The molecule has 0 atom stereocenters. The van der Waals surface area contributed by atoms with Crippen LogP contribution in [0.25, 0.3) is 0 Å². The molecule has 2 heterocycles. The lowest BCUT2D eigenvalue weighted by Crippen LogP contribution is -2.32. The Kier molecular flexibility index (Phi) is 5.93. The van der Waals surface area contributed by atoms with Crippen molar-refractivity contribution >= 4 is 29.0 Å². The highest BCUT2D eigenvalue weighted by Crippen LogP contribution is 2.32. The molecule has 0 spiro atoms. The number of benzene rings is 1. The number of anilines is 2. The average Bonchev–Trinajstić information content (AvgIpc) is 2.94. The van der Waals surface area contributed by atoms with Crippen LogP contribution in [-0.4, -0.2) is 41.2 Å². The number of likely N-dealkylation sites (tertiary alicyclic amines) is 1. The second-order valence-electron chi connectivity index (χ2n) is 6.44. The van der Waals surface area contributed by atoms with E-state index in [2.05, 4.69) is 15.5 Å². The van der Waals surface area contributed by atoms with Crippen molar-refractivity contribution in [2.75, 3.05) is 25.5 Å². The minimum absolute atomic E-state index is 0.0501. The molecule has 1 amide bonds. The Hall–Kier alpha value is -2.34. The third-order valence-electron chi connectivity index (χ3n) is 4.52. The summed E-state index contributed by atoms with van der Waals surface area (Å²) in [5, 5.41) is 12.1. The van der Waals surface area contributed by atoms with Crippen LogP contribution in [0.3, 0.4) is 0 Å². The topological polar surface area (TPSA) is 67.3 Å². The quantitative estimate of drug-likeness (QED) is 0.868. The number of amides is 1. The molecule has 1 aliphatic heterocycles. The maximum Gasteiger partial charge on any atom is 0.274 e. The van der Waals surface area contributed by atoms with Crippen molar-refractivity contribution in [2.45, 2.75) is 32.6 Å². The summed E-state index contributed by atoms with van der Waals surface area (Å²) < 4.78 is 5.35. The molecular weight excluding hydrogens is 352 g/mol. The highest BCUT2D eigenvalue weighted by atomic mass is 35.5. The van der Waals surface area contributed by atoms with Crippen LogP contribution in [0.4, 0.5) is 11.5 Å². The maximum atomic E-state index is 12.6. The van der Waals surface area contributed by atoms with Gasteiger partial charge in [-0.2, -0.15) is 0 Å². The Labute approximate surface area is 158 Å². The van der Waals surface area contributed by atoms with Gasteiger partial charge in [0.15, 0.2) is 11.5 Å². The number of ether oxygens (including phenoxy) is 1. The number of aromatic nitrogens is 2. The minimum atomic E-state index is -0.0501. The molecule has 1 fully saturated rings. The number of nitrogens with one attached hydrogen (secondary N) is 1. The monoisotopic (exact) mass is 374 g/mol. The van der Waals surface area contributed by atoms with Gasteiger partial charge >= 0.3 is 0 Å². The zero-order valence-electron chi connectivity index (χ0n) is 15.1. The van der Waals surface area contributed by atoms with Crippen LogP contribution in [0.1, 0.15) is 41.7 Å². The van der Waals surface area contributed by atoms with Crippen LogP contribution in [0.5, 0.6) is 5.75 Å². The van der Waals surface area contributed by atoms with Gasteiger partial charge in [-0.25, -0.2) is 0 Å². The van der Waals surface area contributed by atoms with Gasteiger partial charge in [0.05, 0.1) is 12.8 Å². The smallest absolute Gasteiger partial charge is 0.274 e. The molecule has 0 radical (unpaired) electrons. The third kappa shape index (κ3) is 4.25. The molecule has 1 aromatic carbocycles. The largest absolute Gasteiger partial charge is 0.495 e. The van der Waals surface area contributed by atoms with Crippen LogP contribution < -0.4 is 10.1 Å². The number of hydrogen-bond acceptors (Lipinski definition) is 5. The number of methoxy groups -OCH3 is 1. The summed E-state index contributed by atoms with van der Waals surface area (Å²) in [6, 6.07) is 7.10. The first-order chi connectivity index (χ1) is 12.6. The summed E-state index contributed by atoms with van der Waals surface area (Å²) in [6.45, 7) is 3.51. The van der Waals surface area contributed by atoms with Crippen molar-refractivity contribution in [2.24, 2.45) is 0 Å². The summed E-state index contributed by atoms with van der Waals surface area (Å²) in [4.78, 5) is 14.4. The molecule has 1 aliphatic rings. The van der Waals surface area contributed by atoms with Crippen molar-refractivity contribution < 1.29 is 9.53 Å². The van der Waals surface area contributed by atoms with Gasteiger partial charge in [0.1, 0.15) is 5.75 Å². The second-order valence-corrected chi connectivity index (χ2v) is 6.84. The Morgan fingerprint density at radius 1 is 1.15 bits per heavy atom. The van der Waals surface area contributed by atoms with Gasteiger partial charge in [-0.3, -0.25) is 4.79 Å². The fourth-order valence-corrected chi connectivity index (χ4v) is 3.17. The van der Waals surface area contributed by atoms with Crippen LogP contribution in [0.2, 0.25) is 5.02 Å². The number of rotatable bonds is 4. The van der Waals surface area contributed by atoms with Crippen LogP contribution in [0, 0.1) is 6.92 Å². The molecule has 0 saturated carbocycles. The lowest BCUT2D eigenvalue weighted by Gasteiger charge is -2.19. The first-order valence-electron chi connectivity index (χ1n) is 8.82. The first kappa shape index (κ1) is 18.5. The van der Waals surface area contributed by atoms with Crippen molar-refractivity contribution in [1.82, 2.24) is 15.1 Å². The maximum absolute atomic E-state index is 12.6. The molecule has 1 aromatic heterocycles. The van der Waals surface area contributed by atoms with Gasteiger partial charge < -0.3 is 15.0 Å². The number of nitrogens with zero attached hydrogens (tertiary/aromatic N) is 3. The van der Waals surface area contributed by atoms with E-state index >= 15 is 0 Å². The number of aryl methyl sites for hydroxylation is 1. The summed E-state index contributed by atoms with van der Waals surface area (Å²) in [6.07, 6.45) is 4.46. The highest BCUT2D eigenvalue weighted by Gasteiger charge is 2.19. The zero-order chi connectivity index (χ0) is 18.5. The van der Waals surface area contributed by atoms with Crippen molar-refractivity contribution in [3.05, 3.63) is 40.5 Å². The van der Waals surface area contributed by atoms with Crippen LogP contribution in [-0.2, 0) is 0 Å². The van der Waals surface area contributed by atoms with Crippen LogP contribution in [0.15, 0.2) is 24.3 Å². The van der Waals surface area contributed by atoms with E-state index in [-0.39, 0.29) is 5.91 Å². The van der Waals surface area contributed by atoms with E-state index in [0.717, 1.165) is 37.2 Å². The molecule has 0 aliphatic carbocycles. The SMILES string of the molecule is COc1cc(Cl)c(C)cc1Nc1ccc(C(=O)N2CCCCCC2)nn1.